The van der Waals surface area contributed by atoms with E-state index in [-0.39, 0.29) is 19.3 Å². The fourth-order valence-corrected chi connectivity index (χ4v) is 8.71. The van der Waals surface area contributed by atoms with Gasteiger partial charge in [-0.3, -0.25) is 32.5 Å². The molecule has 0 bridgehead atoms. The van der Waals surface area contributed by atoms with Gasteiger partial charge in [-0.1, -0.05) is 198 Å². The van der Waals surface area contributed by atoms with Crippen LogP contribution in [0.15, 0.2) is 158 Å². The maximum atomic E-state index is 12.9. The number of hydrogen-bond donors (Lipinski definition) is 4. The molecule has 0 saturated heterocycles. The van der Waals surface area contributed by atoms with Crippen molar-refractivity contribution in [3.8, 4) is 0 Å². The molecule has 5 unspecified atom stereocenters. The van der Waals surface area contributed by atoms with E-state index in [1.807, 2.05) is 24.3 Å². The Labute approximate surface area is 510 Å². The van der Waals surface area contributed by atoms with Gasteiger partial charge in [0.25, 0.3) is 0 Å². The van der Waals surface area contributed by atoms with Crippen LogP contribution in [-0.2, 0) is 55.8 Å². The first-order valence-electron chi connectivity index (χ1n) is 30.8. The first kappa shape index (κ1) is 80.2. The summed E-state index contributed by atoms with van der Waals surface area (Å²) in [6.07, 6.45) is 70.4. The summed E-state index contributed by atoms with van der Waals surface area (Å²) in [5.74, 6) is -1.74. The third-order valence-electron chi connectivity index (χ3n) is 11.7. The van der Waals surface area contributed by atoms with Crippen LogP contribution in [0.4, 0.5) is 0 Å². The van der Waals surface area contributed by atoms with Crippen molar-refractivity contribution in [2.24, 2.45) is 0 Å². The minimum Gasteiger partial charge on any atom is -0.463 e. The lowest BCUT2D eigenvalue weighted by Crippen LogP contribution is -2.30. The standard InChI is InChI=1S/C67H106O16P2/c1-4-7-10-13-16-19-22-25-28-30-33-35-38-41-44-47-50-53-65(70)77-56-62(68)57-79-84(73,74)80-58-63(69)59-81-85(75,76)82-61-64(83-67(72)55-52-49-46-43-40-37-32-27-24-21-18-15-12-9-6-3)60-78-66(71)54-51-48-45-42-39-36-34-31-29-26-23-20-17-14-11-8-5-2/h7-12,16-21,25-29,32-36,41-42,44-45,62-64,68-69H,4-6,13-15,22-24,30-31,37-40,43,46-61H2,1-3H3,(H,73,74)(H,75,76)/b10-7-,11-8-,12-9-,19-16-,20-17-,21-18-,28-25-,29-26-,32-27-,35-33-,36-34-,44-41-,45-42-. The third kappa shape index (κ3) is 60.6. The molecule has 0 saturated carbocycles. The lowest BCUT2D eigenvalue weighted by molar-refractivity contribution is -0.161. The van der Waals surface area contributed by atoms with Crippen molar-refractivity contribution < 1.29 is 75.8 Å². The minimum atomic E-state index is -4.95. The van der Waals surface area contributed by atoms with Gasteiger partial charge in [-0.15, -0.1) is 0 Å². The smallest absolute Gasteiger partial charge is 0.463 e. The normalized spacial score (nSPS) is 15.4. The number of allylic oxidation sites excluding steroid dienone is 26. The monoisotopic (exact) mass is 1230 g/mol. The molecule has 0 spiro atoms. The van der Waals surface area contributed by atoms with Gasteiger partial charge in [0.1, 0.15) is 25.4 Å². The molecule has 0 aliphatic carbocycles. The van der Waals surface area contributed by atoms with E-state index in [0.29, 0.717) is 32.1 Å². The molecular weight excluding hydrogens is 1120 g/mol. The van der Waals surface area contributed by atoms with Crippen LogP contribution in [0.1, 0.15) is 188 Å². The van der Waals surface area contributed by atoms with Crippen LogP contribution in [0.5, 0.6) is 0 Å². The lowest BCUT2D eigenvalue weighted by atomic mass is 10.1. The molecule has 18 heteroatoms. The number of carbonyl (C=O) groups excluding carboxylic acids is 3. The molecule has 85 heavy (non-hydrogen) atoms. The largest absolute Gasteiger partial charge is 0.472 e. The van der Waals surface area contributed by atoms with Crippen molar-refractivity contribution in [2.75, 3.05) is 39.6 Å². The highest BCUT2D eigenvalue weighted by Crippen LogP contribution is 2.45. The second-order valence-electron chi connectivity index (χ2n) is 19.7. The predicted molar refractivity (Wildman–Crippen MR) is 343 cm³/mol. The maximum absolute atomic E-state index is 12.9. The van der Waals surface area contributed by atoms with Gasteiger partial charge >= 0.3 is 33.6 Å². The Morgan fingerprint density at radius 3 is 0.965 bits per heavy atom. The van der Waals surface area contributed by atoms with Crippen LogP contribution in [0.3, 0.4) is 0 Å². The van der Waals surface area contributed by atoms with E-state index in [0.717, 1.165) is 116 Å². The molecule has 0 aromatic carbocycles. The van der Waals surface area contributed by atoms with Crippen LogP contribution in [0, 0.1) is 0 Å². The number of ether oxygens (including phenoxy) is 3. The van der Waals surface area contributed by atoms with E-state index in [2.05, 4.69) is 154 Å². The molecule has 0 amide bonds. The number of phosphoric acid groups is 2. The molecule has 0 aromatic heterocycles. The Bertz CT molecular complexity index is 2180. The summed E-state index contributed by atoms with van der Waals surface area (Å²) in [6.45, 7) is 2.11. The van der Waals surface area contributed by atoms with Gasteiger partial charge in [-0.05, 0) is 128 Å². The minimum absolute atomic E-state index is 0.0646. The number of aliphatic hydroxyl groups is 2. The zero-order valence-electron chi connectivity index (χ0n) is 51.5. The fourth-order valence-electron chi connectivity index (χ4n) is 7.12. The van der Waals surface area contributed by atoms with Crippen LogP contribution < -0.4 is 0 Å². The molecule has 0 aromatic rings. The second kappa shape index (κ2) is 59.5. The van der Waals surface area contributed by atoms with E-state index in [9.17, 15) is 43.5 Å². The molecule has 0 aliphatic heterocycles. The van der Waals surface area contributed by atoms with Gasteiger partial charge in [0, 0.05) is 19.3 Å². The number of hydrogen-bond acceptors (Lipinski definition) is 14. The average Bonchev–Trinajstić information content (AvgIpc) is 3.48. The molecule has 0 heterocycles. The molecule has 4 N–H and O–H groups in total. The van der Waals surface area contributed by atoms with Gasteiger partial charge in [-0.2, -0.15) is 0 Å². The van der Waals surface area contributed by atoms with Crippen molar-refractivity contribution in [3.05, 3.63) is 158 Å². The highest BCUT2D eigenvalue weighted by Gasteiger charge is 2.29. The van der Waals surface area contributed by atoms with E-state index < -0.39 is 91.5 Å². The van der Waals surface area contributed by atoms with Gasteiger partial charge in [0.2, 0.25) is 0 Å². The lowest BCUT2D eigenvalue weighted by Gasteiger charge is -2.21. The summed E-state index contributed by atoms with van der Waals surface area (Å²) >= 11 is 0. The number of aliphatic hydroxyl groups excluding tert-OH is 2. The van der Waals surface area contributed by atoms with Crippen molar-refractivity contribution in [3.63, 3.8) is 0 Å². The molecule has 16 nitrogen and oxygen atoms in total. The number of esters is 3. The van der Waals surface area contributed by atoms with Crippen LogP contribution >= 0.6 is 15.6 Å². The van der Waals surface area contributed by atoms with Crippen molar-refractivity contribution in [1.82, 2.24) is 0 Å². The van der Waals surface area contributed by atoms with Crippen molar-refractivity contribution in [2.45, 2.75) is 206 Å². The number of unbranched alkanes of at least 4 members (excludes halogenated alkanes) is 7. The molecule has 0 fully saturated rings. The topological polar surface area (TPSA) is 231 Å². The summed E-state index contributed by atoms with van der Waals surface area (Å²) in [5.41, 5.74) is 0. The molecule has 0 aliphatic rings. The van der Waals surface area contributed by atoms with Gasteiger partial charge < -0.3 is 34.2 Å². The zero-order chi connectivity index (χ0) is 62.4. The Kier molecular flexibility index (Phi) is 56.1. The van der Waals surface area contributed by atoms with Crippen LogP contribution in [-0.4, -0.2) is 95.9 Å². The highest BCUT2D eigenvalue weighted by atomic mass is 31.2. The summed E-state index contributed by atoms with van der Waals surface area (Å²) in [4.78, 5) is 58.1. The van der Waals surface area contributed by atoms with Crippen LogP contribution in [0.2, 0.25) is 0 Å². The Morgan fingerprint density at radius 2 is 0.600 bits per heavy atom. The molecule has 0 radical (unpaired) electrons. The molecule has 480 valence electrons. The first-order valence-corrected chi connectivity index (χ1v) is 33.8. The van der Waals surface area contributed by atoms with Crippen LogP contribution in [0.25, 0.3) is 0 Å². The summed E-state index contributed by atoms with van der Waals surface area (Å²) in [7, 11) is -9.82. The maximum Gasteiger partial charge on any atom is 0.472 e. The molecule has 5 atom stereocenters. The van der Waals surface area contributed by atoms with Gasteiger partial charge in [0.05, 0.1) is 26.4 Å². The van der Waals surface area contributed by atoms with Crippen molar-refractivity contribution >= 4 is 33.6 Å². The Morgan fingerprint density at radius 1 is 0.329 bits per heavy atom. The highest BCUT2D eigenvalue weighted by molar-refractivity contribution is 7.47. The van der Waals surface area contributed by atoms with Gasteiger partial charge in [0.15, 0.2) is 6.10 Å². The summed E-state index contributed by atoms with van der Waals surface area (Å²) < 4.78 is 60.6. The van der Waals surface area contributed by atoms with Gasteiger partial charge in [-0.25, -0.2) is 9.13 Å². The summed E-state index contributed by atoms with van der Waals surface area (Å²) in [5, 5.41) is 20.5. The summed E-state index contributed by atoms with van der Waals surface area (Å²) in [6, 6.07) is 0. The number of carbonyl (C=O) groups is 3. The van der Waals surface area contributed by atoms with Crippen molar-refractivity contribution in [1.29, 1.82) is 0 Å². The average molecular weight is 1230 g/mol. The molecule has 0 rings (SSSR count). The van der Waals surface area contributed by atoms with E-state index in [4.69, 9.17) is 32.3 Å². The predicted octanol–water partition coefficient (Wildman–Crippen LogP) is 16.4. The van der Waals surface area contributed by atoms with E-state index >= 15 is 0 Å². The van der Waals surface area contributed by atoms with E-state index in [1.165, 1.54) is 0 Å². The first-order chi connectivity index (χ1) is 41.2. The SMILES string of the molecule is CC/C=C\C/C=C\C/C=C\C/C=C\C/C=C\CCCC(=O)OCC(O)COP(=O)(O)OCC(O)COP(=O)(O)OCC(COC(=O)CCC/C=C\C/C=C\C/C=C\C/C=C\C/C=C\CC)OC(=O)CCCCCCC/C=C\C/C=C\C/C=C\CC. The third-order valence-corrected chi connectivity index (χ3v) is 13.6. The van der Waals surface area contributed by atoms with E-state index in [1.54, 1.807) is 0 Å². The Hall–Kier alpha value is -4.83. The number of rotatable bonds is 56. The number of phosphoric ester groups is 2. The fraction of sp³-hybridized carbons (Fsp3) is 0.567. The zero-order valence-corrected chi connectivity index (χ0v) is 53.2. The quantitative estimate of drug-likeness (QED) is 0.0146. The Balaban J connectivity index is 4.85. The molecular formula is C67H106O16P2. The second-order valence-corrected chi connectivity index (χ2v) is 22.6.